The maximum atomic E-state index is 11.3. The zero-order valence-electron chi connectivity index (χ0n) is 12.7. The number of hydrogen-bond acceptors (Lipinski definition) is 4. The van der Waals surface area contributed by atoms with E-state index in [1.54, 1.807) is 19.1 Å². The maximum Gasteiger partial charge on any atom is 0.328 e. The lowest BCUT2D eigenvalue weighted by atomic mass is 9.85. The summed E-state index contributed by atoms with van der Waals surface area (Å²) in [6.45, 7) is 4.96. The van der Waals surface area contributed by atoms with E-state index < -0.39 is 23.0 Å². The van der Waals surface area contributed by atoms with Crippen LogP contribution >= 0.6 is 0 Å². The van der Waals surface area contributed by atoms with E-state index in [9.17, 15) is 14.9 Å². The number of ether oxygens (including phenoxy) is 1. The number of hydrogen-bond donors (Lipinski definition) is 1. The molecule has 0 aromatic carbocycles. The Balaban J connectivity index is 3.06. The van der Waals surface area contributed by atoms with E-state index in [0.717, 1.165) is 12.5 Å². The standard InChI is InChI=1S/C16H21NO4/c1-4-5-13(10-14(19)20)6-7-15(3,21-12(2)18)16(11-17)8-9-16/h6-7,10H,4-5,8-9H2,1-3H3,(H,19,20)/b7-6+,13-10-/t15-/m0/s1. The van der Waals surface area contributed by atoms with Gasteiger partial charge in [0.25, 0.3) is 0 Å². The van der Waals surface area contributed by atoms with Gasteiger partial charge in [-0.15, -0.1) is 0 Å². The van der Waals surface area contributed by atoms with Gasteiger partial charge in [0, 0.05) is 13.0 Å². The lowest BCUT2D eigenvalue weighted by Crippen LogP contribution is -2.38. The number of aliphatic carboxylic acids is 1. The number of allylic oxidation sites excluding steroid dienone is 2. The van der Waals surface area contributed by atoms with Gasteiger partial charge in [-0.3, -0.25) is 4.79 Å². The Morgan fingerprint density at radius 1 is 1.48 bits per heavy atom. The molecule has 1 N–H and O–H groups in total. The first-order valence-corrected chi connectivity index (χ1v) is 7.02. The number of carboxylic acid groups (broad SMARTS) is 1. The number of esters is 1. The van der Waals surface area contributed by atoms with E-state index >= 15 is 0 Å². The lowest BCUT2D eigenvalue weighted by molar-refractivity contribution is -0.154. The number of rotatable bonds is 7. The molecule has 114 valence electrons. The van der Waals surface area contributed by atoms with Gasteiger partial charge in [0.15, 0.2) is 0 Å². The van der Waals surface area contributed by atoms with Crippen LogP contribution in [0.2, 0.25) is 0 Å². The minimum atomic E-state index is -1.03. The Morgan fingerprint density at radius 3 is 2.48 bits per heavy atom. The van der Waals surface area contributed by atoms with E-state index in [1.165, 1.54) is 6.92 Å². The highest BCUT2D eigenvalue weighted by molar-refractivity contribution is 5.81. The predicted molar refractivity (Wildman–Crippen MR) is 77.2 cm³/mol. The molecule has 0 saturated heterocycles. The maximum absolute atomic E-state index is 11.3. The number of carbonyl (C=O) groups is 2. The van der Waals surface area contributed by atoms with Gasteiger partial charge in [-0.25, -0.2) is 4.79 Å². The summed E-state index contributed by atoms with van der Waals surface area (Å²) >= 11 is 0. The molecule has 1 aliphatic carbocycles. The van der Waals surface area contributed by atoms with Gasteiger partial charge in [-0.1, -0.05) is 19.4 Å². The summed E-state index contributed by atoms with van der Waals surface area (Å²) in [7, 11) is 0. The van der Waals surface area contributed by atoms with Crippen LogP contribution < -0.4 is 0 Å². The fourth-order valence-corrected chi connectivity index (χ4v) is 2.35. The SMILES string of the molecule is CCCC(=C/C(=O)O)/C=C/[C@](C)(OC(C)=O)C1(C#N)CC1. The van der Waals surface area contributed by atoms with Gasteiger partial charge in [-0.2, -0.15) is 5.26 Å². The first kappa shape index (κ1) is 17.0. The molecule has 0 amide bonds. The summed E-state index contributed by atoms with van der Waals surface area (Å²) in [6.07, 6.45) is 7.19. The molecular weight excluding hydrogens is 270 g/mol. The average Bonchev–Trinajstić information content (AvgIpc) is 3.16. The van der Waals surface area contributed by atoms with Crippen LogP contribution in [0.25, 0.3) is 0 Å². The molecule has 0 bridgehead atoms. The van der Waals surface area contributed by atoms with E-state index in [1.807, 2.05) is 6.92 Å². The van der Waals surface area contributed by atoms with Crippen molar-refractivity contribution in [2.45, 2.75) is 52.1 Å². The second-order valence-electron chi connectivity index (χ2n) is 5.54. The number of carbonyl (C=O) groups excluding carboxylic acids is 1. The molecule has 0 spiro atoms. The summed E-state index contributed by atoms with van der Waals surface area (Å²) in [5.41, 5.74) is -1.09. The zero-order valence-corrected chi connectivity index (χ0v) is 12.7. The third-order valence-electron chi connectivity index (χ3n) is 3.73. The highest BCUT2D eigenvalue weighted by Crippen LogP contribution is 2.55. The second kappa shape index (κ2) is 6.57. The van der Waals surface area contributed by atoms with Gasteiger partial charge in [-0.05, 0) is 37.8 Å². The van der Waals surface area contributed by atoms with E-state index in [-0.39, 0.29) is 0 Å². The van der Waals surface area contributed by atoms with Crippen LogP contribution in [-0.2, 0) is 14.3 Å². The Kier molecular flexibility index (Phi) is 5.31. The number of carboxylic acids is 1. The van der Waals surface area contributed by atoms with Crippen LogP contribution in [0.15, 0.2) is 23.8 Å². The molecule has 21 heavy (non-hydrogen) atoms. The first-order chi connectivity index (χ1) is 9.78. The van der Waals surface area contributed by atoms with Crippen molar-refractivity contribution in [1.29, 1.82) is 5.26 Å². The summed E-state index contributed by atoms with van der Waals surface area (Å²) < 4.78 is 5.37. The van der Waals surface area contributed by atoms with E-state index in [4.69, 9.17) is 9.84 Å². The fourth-order valence-electron chi connectivity index (χ4n) is 2.35. The molecule has 0 aromatic heterocycles. The smallest absolute Gasteiger partial charge is 0.328 e. The molecule has 0 unspecified atom stereocenters. The van der Waals surface area contributed by atoms with Crippen LogP contribution in [0.3, 0.4) is 0 Å². The second-order valence-corrected chi connectivity index (χ2v) is 5.54. The molecule has 5 nitrogen and oxygen atoms in total. The van der Waals surface area contributed by atoms with Crippen molar-refractivity contribution in [2.75, 3.05) is 0 Å². The van der Waals surface area contributed by atoms with Crippen molar-refractivity contribution in [3.05, 3.63) is 23.8 Å². The van der Waals surface area contributed by atoms with Crippen molar-refractivity contribution in [3.8, 4) is 6.07 Å². The third-order valence-corrected chi connectivity index (χ3v) is 3.73. The summed E-state index contributed by atoms with van der Waals surface area (Å²) in [4.78, 5) is 22.1. The molecular formula is C16H21NO4. The molecule has 1 saturated carbocycles. The predicted octanol–water partition coefficient (Wildman–Crippen LogP) is 2.98. The summed E-state index contributed by atoms with van der Waals surface area (Å²) in [5.74, 6) is -1.47. The monoisotopic (exact) mass is 291 g/mol. The molecule has 0 aliphatic heterocycles. The molecule has 0 heterocycles. The quantitative estimate of drug-likeness (QED) is 0.442. The van der Waals surface area contributed by atoms with Gasteiger partial charge < -0.3 is 9.84 Å². The van der Waals surface area contributed by atoms with E-state index in [2.05, 4.69) is 6.07 Å². The molecule has 1 fully saturated rings. The van der Waals surface area contributed by atoms with Gasteiger partial charge >= 0.3 is 11.9 Å². The number of nitriles is 1. The van der Waals surface area contributed by atoms with Crippen molar-refractivity contribution >= 4 is 11.9 Å². The van der Waals surface area contributed by atoms with Crippen LogP contribution in [0.4, 0.5) is 0 Å². The van der Waals surface area contributed by atoms with Crippen LogP contribution in [0.5, 0.6) is 0 Å². The molecule has 1 atom stereocenters. The van der Waals surface area contributed by atoms with E-state index in [0.29, 0.717) is 24.8 Å². The van der Waals surface area contributed by atoms with Crippen LogP contribution in [-0.4, -0.2) is 22.6 Å². The van der Waals surface area contributed by atoms with Crippen molar-refractivity contribution in [3.63, 3.8) is 0 Å². The fraction of sp³-hybridized carbons (Fsp3) is 0.562. The van der Waals surface area contributed by atoms with Gasteiger partial charge in [0.05, 0.1) is 6.07 Å². The summed E-state index contributed by atoms with van der Waals surface area (Å²) in [5, 5.41) is 18.2. The lowest BCUT2D eigenvalue weighted by Gasteiger charge is -2.30. The third kappa shape index (κ3) is 4.19. The molecule has 0 radical (unpaired) electrons. The van der Waals surface area contributed by atoms with Gasteiger partial charge in [0.1, 0.15) is 11.0 Å². The molecule has 1 rings (SSSR count). The van der Waals surface area contributed by atoms with Crippen LogP contribution in [0, 0.1) is 16.7 Å². The minimum absolute atomic E-state index is 0.456. The van der Waals surface area contributed by atoms with Crippen molar-refractivity contribution in [2.24, 2.45) is 5.41 Å². The zero-order chi connectivity index (χ0) is 16.1. The van der Waals surface area contributed by atoms with Crippen molar-refractivity contribution in [1.82, 2.24) is 0 Å². The Morgan fingerprint density at radius 2 is 2.10 bits per heavy atom. The van der Waals surface area contributed by atoms with Gasteiger partial charge in [0.2, 0.25) is 0 Å². The van der Waals surface area contributed by atoms with Crippen molar-refractivity contribution < 1.29 is 19.4 Å². The molecule has 1 aliphatic rings. The average molecular weight is 291 g/mol. The molecule has 0 aromatic rings. The highest BCUT2D eigenvalue weighted by atomic mass is 16.6. The normalized spacial score (nSPS) is 19.6. The highest BCUT2D eigenvalue weighted by Gasteiger charge is 2.59. The summed E-state index contributed by atoms with van der Waals surface area (Å²) in [6, 6.07) is 2.23. The molecule has 5 heteroatoms. The topological polar surface area (TPSA) is 87.4 Å². The largest absolute Gasteiger partial charge is 0.478 e. The minimum Gasteiger partial charge on any atom is -0.478 e. The Labute approximate surface area is 124 Å². The van der Waals surface area contributed by atoms with Crippen LogP contribution in [0.1, 0.15) is 46.5 Å². The Bertz CT molecular complexity index is 523. The number of nitrogens with zero attached hydrogens (tertiary/aromatic N) is 1. The first-order valence-electron chi connectivity index (χ1n) is 7.02. The Hall–Kier alpha value is -2.09.